The minimum absolute atomic E-state index is 0.125. The van der Waals surface area contributed by atoms with Gasteiger partial charge in [0.25, 0.3) is 5.91 Å². The SMILES string of the molecule is CCOc1cc(/C=C2\SC(=Nc3cccc(C(=O)O)c3)N(C)C2=O)ccc1OCc1ccc(Cl)c(Cl)c1. The minimum Gasteiger partial charge on any atom is -0.490 e. The van der Waals surface area contributed by atoms with Crippen molar-refractivity contribution in [3.63, 3.8) is 0 Å². The van der Waals surface area contributed by atoms with Gasteiger partial charge < -0.3 is 14.6 Å². The number of aromatic carboxylic acids is 1. The Balaban J connectivity index is 1.54. The molecular weight excluding hydrogens is 535 g/mol. The molecule has 190 valence electrons. The molecule has 0 atom stereocenters. The van der Waals surface area contributed by atoms with Crippen LogP contribution in [0.4, 0.5) is 5.69 Å². The highest BCUT2D eigenvalue weighted by Gasteiger charge is 2.30. The van der Waals surface area contributed by atoms with Gasteiger partial charge >= 0.3 is 5.97 Å². The van der Waals surface area contributed by atoms with E-state index >= 15 is 0 Å². The average Bonchev–Trinajstić information content (AvgIpc) is 3.13. The Morgan fingerprint density at radius 1 is 1.05 bits per heavy atom. The van der Waals surface area contributed by atoms with E-state index in [9.17, 15) is 14.7 Å². The molecule has 7 nitrogen and oxygen atoms in total. The Hall–Kier alpha value is -3.46. The number of hydrogen-bond donors (Lipinski definition) is 1. The van der Waals surface area contributed by atoms with Gasteiger partial charge in [0.2, 0.25) is 0 Å². The maximum absolute atomic E-state index is 12.9. The fourth-order valence-electron chi connectivity index (χ4n) is 3.41. The fraction of sp³-hybridized carbons (Fsp3) is 0.148. The number of amides is 1. The molecule has 37 heavy (non-hydrogen) atoms. The summed E-state index contributed by atoms with van der Waals surface area (Å²) in [5, 5.41) is 10.6. The van der Waals surface area contributed by atoms with Gasteiger partial charge in [0.05, 0.1) is 32.8 Å². The minimum atomic E-state index is -1.04. The first kappa shape index (κ1) is 26.6. The summed E-state index contributed by atoms with van der Waals surface area (Å²) in [6.07, 6.45) is 1.75. The number of amidine groups is 1. The van der Waals surface area contributed by atoms with Crippen LogP contribution < -0.4 is 9.47 Å². The number of carbonyl (C=O) groups is 2. The van der Waals surface area contributed by atoms with Gasteiger partial charge in [0.1, 0.15) is 6.61 Å². The lowest BCUT2D eigenvalue weighted by molar-refractivity contribution is -0.121. The molecule has 3 aromatic rings. The number of halogens is 2. The third-order valence-corrected chi connectivity index (χ3v) is 7.06. The lowest BCUT2D eigenvalue weighted by Gasteiger charge is -2.13. The van der Waals surface area contributed by atoms with Crippen LogP contribution in [0.15, 0.2) is 70.6 Å². The van der Waals surface area contributed by atoms with Gasteiger partial charge in [-0.15, -0.1) is 0 Å². The summed E-state index contributed by atoms with van der Waals surface area (Å²) in [6.45, 7) is 2.59. The highest BCUT2D eigenvalue weighted by atomic mass is 35.5. The highest BCUT2D eigenvalue weighted by molar-refractivity contribution is 8.18. The van der Waals surface area contributed by atoms with Crippen molar-refractivity contribution in [2.45, 2.75) is 13.5 Å². The molecule has 1 fully saturated rings. The molecule has 4 rings (SSSR count). The second kappa shape index (κ2) is 11.7. The summed E-state index contributed by atoms with van der Waals surface area (Å²) in [7, 11) is 1.63. The Morgan fingerprint density at radius 2 is 1.86 bits per heavy atom. The number of thioether (sulfide) groups is 1. The summed E-state index contributed by atoms with van der Waals surface area (Å²) >= 11 is 13.3. The molecule has 0 bridgehead atoms. The van der Waals surface area contributed by atoms with Gasteiger partial charge in [-0.3, -0.25) is 9.69 Å². The number of rotatable bonds is 8. The van der Waals surface area contributed by atoms with Crippen molar-refractivity contribution in [2.24, 2.45) is 4.99 Å². The molecule has 1 saturated heterocycles. The zero-order chi connectivity index (χ0) is 26.5. The predicted octanol–water partition coefficient (Wildman–Crippen LogP) is 6.90. The maximum Gasteiger partial charge on any atom is 0.335 e. The normalized spacial score (nSPS) is 15.5. The van der Waals surface area contributed by atoms with Crippen LogP contribution in [0.1, 0.15) is 28.4 Å². The fourth-order valence-corrected chi connectivity index (χ4v) is 4.72. The molecule has 1 heterocycles. The van der Waals surface area contributed by atoms with Crippen LogP contribution in [-0.4, -0.2) is 40.7 Å². The molecule has 1 aliphatic rings. The molecular formula is C27H22Cl2N2O5S. The number of carboxylic acids is 1. The first-order valence-corrected chi connectivity index (χ1v) is 12.8. The number of nitrogens with zero attached hydrogens (tertiary/aromatic N) is 2. The Morgan fingerprint density at radius 3 is 2.59 bits per heavy atom. The smallest absolute Gasteiger partial charge is 0.335 e. The molecule has 0 aromatic heterocycles. The molecule has 1 amide bonds. The summed E-state index contributed by atoms with van der Waals surface area (Å²) < 4.78 is 11.7. The van der Waals surface area contributed by atoms with Crippen molar-refractivity contribution in [3.05, 3.63) is 92.3 Å². The van der Waals surface area contributed by atoms with E-state index in [4.69, 9.17) is 32.7 Å². The number of carboxylic acid groups (broad SMARTS) is 1. The number of hydrogen-bond acceptors (Lipinski definition) is 6. The second-order valence-electron chi connectivity index (χ2n) is 7.90. The zero-order valence-corrected chi connectivity index (χ0v) is 22.2. The van der Waals surface area contributed by atoms with E-state index in [1.54, 1.807) is 49.5 Å². The van der Waals surface area contributed by atoms with Crippen LogP contribution in [0.3, 0.4) is 0 Å². The Kier molecular flexibility index (Phi) is 8.43. The number of ether oxygens (including phenoxy) is 2. The van der Waals surface area contributed by atoms with E-state index in [1.807, 2.05) is 19.1 Å². The topological polar surface area (TPSA) is 88.4 Å². The van der Waals surface area contributed by atoms with Crippen LogP contribution in [-0.2, 0) is 11.4 Å². The molecule has 0 saturated carbocycles. The summed E-state index contributed by atoms with van der Waals surface area (Å²) in [5.41, 5.74) is 2.19. The monoisotopic (exact) mass is 556 g/mol. The van der Waals surface area contributed by atoms with Gasteiger partial charge in [0.15, 0.2) is 16.7 Å². The predicted molar refractivity (Wildman–Crippen MR) is 147 cm³/mol. The van der Waals surface area contributed by atoms with Crippen molar-refractivity contribution in [3.8, 4) is 11.5 Å². The Bertz CT molecular complexity index is 1420. The summed E-state index contributed by atoms with van der Waals surface area (Å²) in [6, 6.07) is 17.0. The zero-order valence-electron chi connectivity index (χ0n) is 19.9. The number of aliphatic imine (C=N–C) groups is 1. The molecule has 0 unspecified atom stereocenters. The van der Waals surface area contributed by atoms with Crippen molar-refractivity contribution in [1.82, 2.24) is 4.90 Å². The second-order valence-corrected chi connectivity index (χ2v) is 9.72. The van der Waals surface area contributed by atoms with Crippen molar-refractivity contribution >= 4 is 63.8 Å². The van der Waals surface area contributed by atoms with E-state index < -0.39 is 5.97 Å². The summed E-state index contributed by atoms with van der Waals surface area (Å²) in [4.78, 5) is 30.5. The molecule has 0 radical (unpaired) electrons. The third-order valence-electron chi connectivity index (χ3n) is 5.27. The van der Waals surface area contributed by atoms with Gasteiger partial charge in [-0.05, 0) is 78.4 Å². The standard InChI is InChI=1S/C27H22Cl2N2O5S/c1-3-35-23-12-16(8-10-22(23)36-15-17-7-9-20(28)21(29)11-17)13-24-25(32)31(2)27(37-24)30-19-6-4-5-18(14-19)26(33)34/h4-14H,3,15H2,1-2H3,(H,33,34)/b24-13-,30-27?. The van der Waals surface area contributed by atoms with Crippen molar-refractivity contribution in [2.75, 3.05) is 13.7 Å². The van der Waals surface area contributed by atoms with Gasteiger partial charge in [-0.2, -0.15) is 0 Å². The van der Waals surface area contributed by atoms with Crippen LogP contribution in [0.2, 0.25) is 10.0 Å². The first-order valence-electron chi connectivity index (χ1n) is 11.2. The van der Waals surface area contributed by atoms with Gasteiger partial charge in [-0.25, -0.2) is 9.79 Å². The van der Waals surface area contributed by atoms with Crippen molar-refractivity contribution < 1.29 is 24.2 Å². The quantitative estimate of drug-likeness (QED) is 0.303. The molecule has 10 heteroatoms. The number of likely N-dealkylation sites (N-methyl/N-ethyl adjacent to an activating group) is 1. The molecule has 0 aliphatic carbocycles. The van der Waals surface area contributed by atoms with E-state index in [1.165, 1.54) is 28.8 Å². The maximum atomic E-state index is 12.9. The molecule has 1 N–H and O–H groups in total. The molecule has 3 aromatic carbocycles. The van der Waals surface area contributed by atoms with Gasteiger partial charge in [-0.1, -0.05) is 41.4 Å². The average molecular weight is 557 g/mol. The van der Waals surface area contributed by atoms with Crippen LogP contribution >= 0.6 is 35.0 Å². The Labute approximate surface area is 228 Å². The first-order chi connectivity index (χ1) is 17.7. The molecule has 0 spiro atoms. The van der Waals surface area contributed by atoms with E-state index in [2.05, 4.69) is 4.99 Å². The van der Waals surface area contributed by atoms with E-state index in [0.29, 0.717) is 43.9 Å². The number of benzene rings is 3. The third kappa shape index (κ3) is 6.46. The van der Waals surface area contributed by atoms with Crippen LogP contribution in [0.25, 0.3) is 6.08 Å². The van der Waals surface area contributed by atoms with E-state index in [0.717, 1.165) is 11.1 Å². The van der Waals surface area contributed by atoms with Crippen LogP contribution in [0.5, 0.6) is 11.5 Å². The molecule has 1 aliphatic heterocycles. The lowest BCUT2D eigenvalue weighted by atomic mass is 10.1. The van der Waals surface area contributed by atoms with Gasteiger partial charge in [0, 0.05) is 7.05 Å². The van der Waals surface area contributed by atoms with Crippen LogP contribution in [0, 0.1) is 0 Å². The van der Waals surface area contributed by atoms with Crippen molar-refractivity contribution in [1.29, 1.82) is 0 Å². The largest absolute Gasteiger partial charge is 0.490 e. The summed E-state index contributed by atoms with van der Waals surface area (Å²) in [5.74, 6) is -0.157. The number of carbonyl (C=O) groups excluding carboxylic acids is 1. The highest BCUT2D eigenvalue weighted by Crippen LogP contribution is 2.36. The van der Waals surface area contributed by atoms with E-state index in [-0.39, 0.29) is 18.1 Å². The lowest BCUT2D eigenvalue weighted by Crippen LogP contribution is -2.23.